The molecule has 4 rings (SSSR count). The minimum absolute atomic E-state index is 0.0583. The lowest BCUT2D eigenvalue weighted by Crippen LogP contribution is -2.37. The number of hydrogen-bond donors (Lipinski definition) is 2. The van der Waals surface area contributed by atoms with E-state index in [0.717, 1.165) is 0 Å². The number of nitrogens with zero attached hydrogens (tertiary/aromatic N) is 5. The summed E-state index contributed by atoms with van der Waals surface area (Å²) in [4.78, 5) is 26.3. The molecule has 1 fully saturated rings. The number of carboxylic acids is 1. The van der Waals surface area contributed by atoms with Crippen molar-refractivity contribution in [3.63, 3.8) is 0 Å². The van der Waals surface area contributed by atoms with Crippen molar-refractivity contribution in [2.75, 3.05) is 36.5 Å². The SMILES string of the molecule is N#Cc1cc(Nc2ncc(-c3cncc(C(=O)O)c3)c(N3CCOCC3)n2)ccc1F. The molecule has 0 amide bonds. The molecule has 0 radical (unpaired) electrons. The van der Waals surface area contributed by atoms with Gasteiger partial charge in [0.05, 0.1) is 24.3 Å². The zero-order chi connectivity index (χ0) is 21.8. The standard InChI is InChI=1S/C21H17FN6O3/c22-18-2-1-16(8-13(18)9-23)26-21-25-12-17(14-7-15(20(29)30)11-24-10-14)19(27-21)28-3-5-31-6-4-28/h1-2,7-8,10-12H,3-6H2,(H,29,30)(H,25,26,27). The van der Waals surface area contributed by atoms with Crippen LogP contribution in [0.15, 0.2) is 42.9 Å². The summed E-state index contributed by atoms with van der Waals surface area (Å²) in [5.74, 6) is -0.842. The molecule has 1 aliphatic rings. The van der Waals surface area contributed by atoms with Crippen molar-refractivity contribution in [2.24, 2.45) is 0 Å². The van der Waals surface area contributed by atoms with Gasteiger partial charge in [0.2, 0.25) is 5.95 Å². The average Bonchev–Trinajstić information content (AvgIpc) is 2.81. The minimum atomic E-state index is -1.08. The molecule has 0 unspecified atom stereocenters. The molecule has 3 heterocycles. The van der Waals surface area contributed by atoms with E-state index in [-0.39, 0.29) is 17.1 Å². The van der Waals surface area contributed by atoms with Gasteiger partial charge in [0.1, 0.15) is 17.7 Å². The van der Waals surface area contributed by atoms with Crippen LogP contribution in [0.3, 0.4) is 0 Å². The van der Waals surface area contributed by atoms with E-state index in [9.17, 15) is 14.3 Å². The normalized spacial score (nSPS) is 13.5. The second-order valence-corrected chi connectivity index (χ2v) is 6.73. The quantitative estimate of drug-likeness (QED) is 0.641. The number of hydrogen-bond acceptors (Lipinski definition) is 8. The molecular weight excluding hydrogens is 403 g/mol. The fourth-order valence-corrected chi connectivity index (χ4v) is 3.17. The monoisotopic (exact) mass is 420 g/mol. The van der Waals surface area contributed by atoms with Crippen LogP contribution < -0.4 is 10.2 Å². The average molecular weight is 420 g/mol. The first-order valence-electron chi connectivity index (χ1n) is 9.40. The maximum atomic E-state index is 13.6. The zero-order valence-corrected chi connectivity index (χ0v) is 16.2. The van der Waals surface area contributed by atoms with Crippen LogP contribution in [-0.4, -0.2) is 52.3 Å². The minimum Gasteiger partial charge on any atom is -0.478 e. The molecule has 9 nitrogen and oxygen atoms in total. The summed E-state index contributed by atoms with van der Waals surface area (Å²) >= 11 is 0. The van der Waals surface area contributed by atoms with Crippen molar-refractivity contribution in [3.8, 4) is 17.2 Å². The Labute approximate surface area is 176 Å². The summed E-state index contributed by atoms with van der Waals surface area (Å²) in [6.45, 7) is 2.27. The number of pyridine rings is 1. The van der Waals surface area contributed by atoms with Gasteiger partial charge in [-0.1, -0.05) is 0 Å². The Morgan fingerprint density at radius 1 is 1.23 bits per heavy atom. The number of nitriles is 1. The Morgan fingerprint density at radius 3 is 2.77 bits per heavy atom. The molecule has 10 heteroatoms. The van der Waals surface area contributed by atoms with Crippen molar-refractivity contribution in [3.05, 3.63) is 59.8 Å². The largest absolute Gasteiger partial charge is 0.478 e. The third-order valence-corrected chi connectivity index (χ3v) is 4.72. The van der Waals surface area contributed by atoms with Crippen LogP contribution in [0.1, 0.15) is 15.9 Å². The molecular formula is C21H17FN6O3. The fraction of sp³-hybridized carbons (Fsp3) is 0.190. The Kier molecular flexibility index (Phi) is 5.68. The molecule has 2 aromatic heterocycles. The summed E-state index contributed by atoms with van der Waals surface area (Å²) in [7, 11) is 0. The highest BCUT2D eigenvalue weighted by molar-refractivity contribution is 5.89. The van der Waals surface area contributed by atoms with Crippen LogP contribution in [0.2, 0.25) is 0 Å². The van der Waals surface area contributed by atoms with Crippen LogP contribution in [0.25, 0.3) is 11.1 Å². The van der Waals surface area contributed by atoms with Gasteiger partial charge in [-0.3, -0.25) is 4.98 Å². The number of carboxylic acid groups (broad SMARTS) is 1. The first-order chi connectivity index (χ1) is 15.0. The van der Waals surface area contributed by atoms with E-state index in [4.69, 9.17) is 10.00 Å². The van der Waals surface area contributed by atoms with E-state index in [0.29, 0.717) is 48.9 Å². The van der Waals surface area contributed by atoms with Crippen LogP contribution in [-0.2, 0) is 4.74 Å². The molecule has 0 atom stereocenters. The predicted octanol–water partition coefficient (Wildman–Crippen LogP) is 2.83. The second kappa shape index (κ2) is 8.73. The molecule has 1 saturated heterocycles. The van der Waals surface area contributed by atoms with Crippen LogP contribution >= 0.6 is 0 Å². The first-order valence-corrected chi connectivity index (χ1v) is 9.40. The van der Waals surface area contributed by atoms with Gasteiger partial charge in [-0.15, -0.1) is 0 Å². The summed E-state index contributed by atoms with van der Waals surface area (Å²) in [6.07, 6.45) is 4.41. The number of carbonyl (C=O) groups is 1. The molecule has 0 saturated carbocycles. The van der Waals surface area contributed by atoms with E-state index >= 15 is 0 Å². The Hall–Kier alpha value is -4.10. The van der Waals surface area contributed by atoms with Crippen LogP contribution in [0.4, 0.5) is 21.8 Å². The van der Waals surface area contributed by atoms with Gasteiger partial charge in [-0.25, -0.2) is 14.2 Å². The number of anilines is 3. The van der Waals surface area contributed by atoms with E-state index in [1.54, 1.807) is 18.5 Å². The summed E-state index contributed by atoms with van der Waals surface area (Å²) in [5, 5.41) is 21.3. The van der Waals surface area contributed by atoms with Gasteiger partial charge in [-0.05, 0) is 24.3 Å². The van der Waals surface area contributed by atoms with Gasteiger partial charge in [0.15, 0.2) is 0 Å². The smallest absolute Gasteiger partial charge is 0.337 e. The molecule has 1 aromatic carbocycles. The van der Waals surface area contributed by atoms with Gasteiger partial charge in [-0.2, -0.15) is 10.2 Å². The van der Waals surface area contributed by atoms with Gasteiger partial charge in [0.25, 0.3) is 0 Å². The highest BCUT2D eigenvalue weighted by atomic mass is 19.1. The number of benzene rings is 1. The van der Waals surface area contributed by atoms with Gasteiger partial charge in [0, 0.05) is 48.5 Å². The topological polar surface area (TPSA) is 124 Å². The summed E-state index contributed by atoms with van der Waals surface area (Å²) in [6, 6.07) is 7.37. The van der Waals surface area contributed by atoms with Gasteiger partial charge < -0.3 is 20.1 Å². The highest BCUT2D eigenvalue weighted by Crippen LogP contribution is 2.31. The highest BCUT2D eigenvalue weighted by Gasteiger charge is 2.20. The lowest BCUT2D eigenvalue weighted by atomic mass is 10.1. The van der Waals surface area contributed by atoms with Crippen LogP contribution in [0.5, 0.6) is 0 Å². The van der Waals surface area contributed by atoms with Crippen molar-refractivity contribution < 1.29 is 19.0 Å². The molecule has 31 heavy (non-hydrogen) atoms. The third-order valence-electron chi connectivity index (χ3n) is 4.72. The van der Waals surface area contributed by atoms with E-state index < -0.39 is 11.8 Å². The van der Waals surface area contributed by atoms with Crippen molar-refractivity contribution in [1.82, 2.24) is 15.0 Å². The fourth-order valence-electron chi connectivity index (χ4n) is 3.17. The number of aromatic carboxylic acids is 1. The van der Waals surface area contributed by atoms with Crippen molar-refractivity contribution in [2.45, 2.75) is 0 Å². The summed E-state index contributed by atoms with van der Waals surface area (Å²) in [5.41, 5.74) is 1.63. The summed E-state index contributed by atoms with van der Waals surface area (Å²) < 4.78 is 19.0. The van der Waals surface area contributed by atoms with Crippen molar-refractivity contribution in [1.29, 1.82) is 5.26 Å². The third kappa shape index (κ3) is 4.41. The zero-order valence-electron chi connectivity index (χ0n) is 16.2. The second-order valence-electron chi connectivity index (χ2n) is 6.73. The number of ether oxygens (including phenoxy) is 1. The van der Waals surface area contributed by atoms with E-state index in [2.05, 4.69) is 20.3 Å². The number of morpholine rings is 1. The first kappa shape index (κ1) is 20.2. The Bertz CT molecular complexity index is 1170. The lowest BCUT2D eigenvalue weighted by Gasteiger charge is -2.29. The van der Waals surface area contributed by atoms with E-state index in [1.807, 2.05) is 4.90 Å². The molecule has 0 spiro atoms. The van der Waals surface area contributed by atoms with E-state index in [1.165, 1.54) is 30.5 Å². The molecule has 0 aliphatic carbocycles. The molecule has 3 aromatic rings. The molecule has 2 N–H and O–H groups in total. The lowest BCUT2D eigenvalue weighted by molar-refractivity contribution is 0.0696. The predicted molar refractivity (Wildman–Crippen MR) is 110 cm³/mol. The molecule has 156 valence electrons. The van der Waals surface area contributed by atoms with Gasteiger partial charge >= 0.3 is 5.97 Å². The molecule has 1 aliphatic heterocycles. The maximum Gasteiger partial charge on any atom is 0.337 e. The van der Waals surface area contributed by atoms with Crippen molar-refractivity contribution >= 4 is 23.4 Å². The number of halogens is 1. The number of rotatable bonds is 5. The van der Waals surface area contributed by atoms with Crippen LogP contribution in [0, 0.1) is 17.1 Å². The number of aromatic nitrogens is 3. The maximum absolute atomic E-state index is 13.6. The molecule has 0 bridgehead atoms. The Morgan fingerprint density at radius 2 is 2.03 bits per heavy atom. The Balaban J connectivity index is 1.74. The number of nitrogens with one attached hydrogen (secondary N) is 1.